The SMILES string of the molecule is COc1cc(OC)c2c(c1)N(S(=O)(=O)c1ccc(C)cc1)[C@H](C)[C@H]2c1ccccc1. The topological polar surface area (TPSA) is 55.8 Å². The van der Waals surface area contributed by atoms with Crippen molar-refractivity contribution in [3.63, 3.8) is 0 Å². The fourth-order valence-electron chi connectivity index (χ4n) is 4.24. The zero-order valence-corrected chi connectivity index (χ0v) is 18.3. The Morgan fingerprint density at radius 1 is 0.900 bits per heavy atom. The van der Waals surface area contributed by atoms with Gasteiger partial charge in [0, 0.05) is 23.6 Å². The smallest absolute Gasteiger partial charge is 0.264 e. The maximum Gasteiger partial charge on any atom is 0.264 e. The molecule has 4 rings (SSSR count). The number of rotatable bonds is 5. The number of fused-ring (bicyclic) bond motifs is 1. The summed E-state index contributed by atoms with van der Waals surface area (Å²) in [5.74, 6) is 1.00. The molecule has 0 amide bonds. The highest BCUT2D eigenvalue weighted by atomic mass is 32.2. The van der Waals surface area contributed by atoms with E-state index in [1.807, 2.05) is 62.4 Å². The Labute approximate surface area is 177 Å². The van der Waals surface area contributed by atoms with Gasteiger partial charge in [0.25, 0.3) is 10.0 Å². The van der Waals surface area contributed by atoms with Crippen molar-refractivity contribution < 1.29 is 17.9 Å². The molecule has 0 spiro atoms. The molecule has 0 fully saturated rings. The molecule has 3 aromatic rings. The van der Waals surface area contributed by atoms with Gasteiger partial charge in [-0.1, -0.05) is 48.0 Å². The summed E-state index contributed by atoms with van der Waals surface area (Å²) in [6.45, 7) is 3.88. The van der Waals surface area contributed by atoms with E-state index < -0.39 is 10.0 Å². The van der Waals surface area contributed by atoms with Crippen molar-refractivity contribution >= 4 is 15.7 Å². The van der Waals surface area contributed by atoms with E-state index in [2.05, 4.69) is 0 Å². The van der Waals surface area contributed by atoms with Crippen LogP contribution in [0.5, 0.6) is 11.5 Å². The number of aryl methyl sites for hydroxylation is 1. The minimum absolute atomic E-state index is 0.165. The normalized spacial score (nSPS) is 18.2. The Kier molecular flexibility index (Phi) is 5.20. The van der Waals surface area contributed by atoms with Gasteiger partial charge in [0.15, 0.2) is 0 Å². The Morgan fingerprint density at radius 3 is 2.17 bits per heavy atom. The average Bonchev–Trinajstić information content (AvgIpc) is 3.06. The van der Waals surface area contributed by atoms with Crippen LogP contribution in [0.3, 0.4) is 0 Å². The van der Waals surface area contributed by atoms with Gasteiger partial charge < -0.3 is 9.47 Å². The van der Waals surface area contributed by atoms with Crippen molar-refractivity contribution in [1.29, 1.82) is 0 Å². The number of sulfonamides is 1. The first-order valence-electron chi connectivity index (χ1n) is 9.80. The summed E-state index contributed by atoms with van der Waals surface area (Å²) in [5, 5.41) is 0. The van der Waals surface area contributed by atoms with Gasteiger partial charge in [-0.05, 0) is 31.5 Å². The first-order chi connectivity index (χ1) is 14.4. The molecule has 0 N–H and O–H groups in total. The lowest BCUT2D eigenvalue weighted by Crippen LogP contribution is -2.37. The molecule has 1 aliphatic heterocycles. The highest BCUT2D eigenvalue weighted by Crippen LogP contribution is 2.52. The Morgan fingerprint density at radius 2 is 1.57 bits per heavy atom. The van der Waals surface area contributed by atoms with E-state index in [1.54, 1.807) is 32.4 Å². The average molecular weight is 424 g/mol. The summed E-state index contributed by atoms with van der Waals surface area (Å²) in [6, 6.07) is 20.1. The largest absolute Gasteiger partial charge is 0.497 e. The number of benzene rings is 3. The van der Waals surface area contributed by atoms with Gasteiger partial charge in [0.2, 0.25) is 0 Å². The summed E-state index contributed by atoms with van der Waals surface area (Å²) in [6.07, 6.45) is 0. The van der Waals surface area contributed by atoms with Crippen LogP contribution in [0, 0.1) is 6.92 Å². The Balaban J connectivity index is 1.96. The predicted octanol–water partition coefficient (Wildman–Crippen LogP) is 4.74. The van der Waals surface area contributed by atoms with E-state index in [0.717, 1.165) is 16.7 Å². The predicted molar refractivity (Wildman–Crippen MR) is 118 cm³/mol. The molecule has 5 nitrogen and oxygen atoms in total. The fraction of sp³-hybridized carbons (Fsp3) is 0.250. The first kappa shape index (κ1) is 20.3. The van der Waals surface area contributed by atoms with Crippen LogP contribution < -0.4 is 13.8 Å². The molecule has 0 unspecified atom stereocenters. The molecule has 0 saturated carbocycles. The molecule has 156 valence electrons. The van der Waals surface area contributed by atoms with Gasteiger partial charge in [-0.2, -0.15) is 0 Å². The molecular weight excluding hydrogens is 398 g/mol. The van der Waals surface area contributed by atoms with Crippen LogP contribution in [0.4, 0.5) is 5.69 Å². The summed E-state index contributed by atoms with van der Waals surface area (Å²) in [5.41, 5.74) is 3.49. The van der Waals surface area contributed by atoms with Crippen LogP contribution in [0.15, 0.2) is 71.6 Å². The maximum atomic E-state index is 13.7. The number of hydrogen-bond donors (Lipinski definition) is 0. The quantitative estimate of drug-likeness (QED) is 0.595. The molecule has 0 aromatic heterocycles. The number of nitrogens with zero attached hydrogens (tertiary/aromatic N) is 1. The summed E-state index contributed by atoms with van der Waals surface area (Å²) in [4.78, 5) is 0.265. The van der Waals surface area contributed by atoms with Crippen molar-refractivity contribution in [2.24, 2.45) is 0 Å². The third-order valence-electron chi connectivity index (χ3n) is 5.69. The molecule has 3 aromatic carbocycles. The first-order valence-corrected chi connectivity index (χ1v) is 11.2. The van der Waals surface area contributed by atoms with Crippen molar-refractivity contribution in [2.75, 3.05) is 18.5 Å². The van der Waals surface area contributed by atoms with Crippen LogP contribution in [-0.4, -0.2) is 28.7 Å². The highest BCUT2D eigenvalue weighted by molar-refractivity contribution is 7.92. The second-order valence-corrected chi connectivity index (χ2v) is 9.32. The lowest BCUT2D eigenvalue weighted by molar-refractivity contribution is 0.391. The van der Waals surface area contributed by atoms with Crippen LogP contribution >= 0.6 is 0 Å². The van der Waals surface area contributed by atoms with Crippen LogP contribution in [0.2, 0.25) is 0 Å². The van der Waals surface area contributed by atoms with E-state index in [1.165, 1.54) is 4.31 Å². The zero-order chi connectivity index (χ0) is 21.5. The second kappa shape index (κ2) is 7.69. The molecule has 6 heteroatoms. The third-order valence-corrected chi connectivity index (χ3v) is 7.60. The van der Waals surface area contributed by atoms with Crippen LogP contribution in [0.1, 0.15) is 29.5 Å². The lowest BCUT2D eigenvalue weighted by Gasteiger charge is -2.27. The Hall–Kier alpha value is -2.99. The molecule has 0 radical (unpaired) electrons. The van der Waals surface area contributed by atoms with Crippen molar-refractivity contribution in [1.82, 2.24) is 0 Å². The molecule has 2 atom stereocenters. The molecule has 0 saturated heterocycles. The maximum absolute atomic E-state index is 13.7. The molecular formula is C24H25NO4S. The summed E-state index contributed by atoms with van der Waals surface area (Å²) >= 11 is 0. The number of methoxy groups -OCH3 is 2. The second-order valence-electron chi connectivity index (χ2n) is 7.51. The molecule has 1 heterocycles. The van der Waals surface area contributed by atoms with Crippen molar-refractivity contribution in [3.8, 4) is 11.5 Å². The summed E-state index contributed by atoms with van der Waals surface area (Å²) in [7, 11) is -0.628. The van der Waals surface area contributed by atoms with E-state index in [4.69, 9.17) is 9.47 Å². The standard InChI is InChI=1S/C24H25NO4S/c1-16-10-12-20(13-11-16)30(26,27)25-17(2)23(18-8-6-5-7-9-18)24-21(25)14-19(28-3)15-22(24)29-4/h5-15,17,23H,1-4H3/t17-,23+/m1/s1. The number of anilines is 1. The lowest BCUT2D eigenvalue weighted by atomic mass is 9.88. The minimum Gasteiger partial charge on any atom is -0.497 e. The van der Waals surface area contributed by atoms with E-state index in [0.29, 0.717) is 17.2 Å². The Bertz CT molecular complexity index is 1160. The summed E-state index contributed by atoms with van der Waals surface area (Å²) < 4.78 is 40.1. The van der Waals surface area contributed by atoms with Gasteiger partial charge >= 0.3 is 0 Å². The van der Waals surface area contributed by atoms with Crippen molar-refractivity contribution in [3.05, 3.63) is 83.4 Å². The van der Waals surface area contributed by atoms with E-state index in [9.17, 15) is 8.42 Å². The monoisotopic (exact) mass is 423 g/mol. The van der Waals surface area contributed by atoms with Crippen molar-refractivity contribution in [2.45, 2.75) is 30.7 Å². The van der Waals surface area contributed by atoms with Crippen LogP contribution in [-0.2, 0) is 10.0 Å². The third kappa shape index (κ3) is 3.21. The molecule has 30 heavy (non-hydrogen) atoms. The molecule has 0 aliphatic carbocycles. The van der Waals surface area contributed by atoms with Gasteiger partial charge in [-0.15, -0.1) is 0 Å². The zero-order valence-electron chi connectivity index (χ0n) is 17.5. The number of hydrogen-bond acceptors (Lipinski definition) is 4. The van der Waals surface area contributed by atoms with Gasteiger partial charge in [0.05, 0.1) is 30.8 Å². The van der Waals surface area contributed by atoms with Gasteiger partial charge in [-0.25, -0.2) is 8.42 Å². The molecule has 1 aliphatic rings. The van der Waals surface area contributed by atoms with E-state index in [-0.39, 0.29) is 16.9 Å². The van der Waals surface area contributed by atoms with Crippen LogP contribution in [0.25, 0.3) is 0 Å². The van der Waals surface area contributed by atoms with Gasteiger partial charge in [0.1, 0.15) is 11.5 Å². The minimum atomic E-state index is -3.79. The number of ether oxygens (including phenoxy) is 2. The molecule has 0 bridgehead atoms. The van der Waals surface area contributed by atoms with Gasteiger partial charge in [-0.3, -0.25) is 4.31 Å². The fourth-order valence-corrected chi connectivity index (χ4v) is 5.92. The van der Waals surface area contributed by atoms with E-state index >= 15 is 0 Å². The highest BCUT2D eigenvalue weighted by Gasteiger charge is 2.45.